The summed E-state index contributed by atoms with van der Waals surface area (Å²) in [5.41, 5.74) is 0. The average Bonchev–Trinajstić information content (AvgIpc) is 2.05. The Kier molecular flexibility index (Phi) is 4.03. The standard InChI is InChI=1S/C6H5.2Al.BrH.O.2H/c1-2-4-6-5-3-1;;;;;;/h1-5H;;;1H;;;/q;;+1;;;;/p-1. The molecular formula is C6H7Al2BrO. The van der Waals surface area contributed by atoms with Gasteiger partial charge in [0, 0.05) is 0 Å². The molecule has 0 amide bonds. The first-order chi connectivity index (χ1) is 4.84. The molecule has 0 spiro atoms. The lowest BCUT2D eigenvalue weighted by Crippen LogP contribution is -2.25. The minimum atomic E-state index is -1.17. The molecule has 0 aromatic heterocycles. The van der Waals surface area contributed by atoms with Gasteiger partial charge in [0.1, 0.15) is 0 Å². The molecule has 0 aliphatic rings. The van der Waals surface area contributed by atoms with Gasteiger partial charge in [-0.25, -0.2) is 0 Å². The zero-order valence-corrected chi connectivity index (χ0v) is 10.5. The van der Waals surface area contributed by atoms with Crippen LogP contribution in [-0.4, -0.2) is 29.3 Å². The van der Waals surface area contributed by atoms with Crippen LogP contribution >= 0.6 is 14.1 Å². The van der Waals surface area contributed by atoms with Crippen LogP contribution in [0.1, 0.15) is 0 Å². The van der Waals surface area contributed by atoms with Crippen LogP contribution in [0.15, 0.2) is 30.3 Å². The van der Waals surface area contributed by atoms with Crippen molar-refractivity contribution in [3.8, 4) is 0 Å². The van der Waals surface area contributed by atoms with E-state index in [-0.39, 0.29) is 0 Å². The summed E-state index contributed by atoms with van der Waals surface area (Å²) < 4.78 is 6.65. The molecule has 1 nitrogen and oxygen atoms in total. The Hall–Kier alpha value is 0.725. The fourth-order valence-corrected chi connectivity index (χ4v) is 3.27. The lowest BCUT2D eigenvalue weighted by atomic mass is 10.4. The molecule has 1 rings (SSSR count). The van der Waals surface area contributed by atoms with E-state index < -0.39 is 12.7 Å². The highest BCUT2D eigenvalue weighted by Crippen LogP contribution is 1.94. The topological polar surface area (TPSA) is 9.23 Å². The molecule has 0 aliphatic heterocycles. The third-order valence-corrected chi connectivity index (χ3v) is 8.78. The number of halogens is 1. The summed E-state index contributed by atoms with van der Waals surface area (Å²) in [4.78, 5) is 0. The summed E-state index contributed by atoms with van der Waals surface area (Å²) in [5, 5.41) is 0. The van der Waals surface area contributed by atoms with Gasteiger partial charge >= 0.3 is 29.3 Å². The third kappa shape index (κ3) is 2.40. The zero-order chi connectivity index (χ0) is 7.40. The Morgan fingerprint density at radius 1 is 1.30 bits per heavy atom. The van der Waals surface area contributed by atoms with Gasteiger partial charge in [-0.1, -0.05) is 34.8 Å². The molecule has 10 heavy (non-hydrogen) atoms. The second kappa shape index (κ2) is 4.57. The van der Waals surface area contributed by atoms with Gasteiger partial charge in [0.05, 0.1) is 0 Å². The second-order valence-corrected chi connectivity index (χ2v) is 7.64. The number of rotatable bonds is 2. The molecule has 0 bridgehead atoms. The van der Waals surface area contributed by atoms with Crippen molar-refractivity contribution in [2.75, 3.05) is 0 Å². The molecule has 0 radical (unpaired) electrons. The number of hydrogen-bond donors (Lipinski definition) is 0. The van der Waals surface area contributed by atoms with Crippen LogP contribution in [0.5, 0.6) is 0 Å². The van der Waals surface area contributed by atoms with Crippen molar-refractivity contribution < 1.29 is 2.84 Å². The molecule has 4 heteroatoms. The second-order valence-electron chi connectivity index (χ2n) is 1.96. The first-order valence-electron chi connectivity index (χ1n) is 3.06. The average molecular weight is 229 g/mol. The lowest BCUT2D eigenvalue weighted by molar-refractivity contribution is 0.671. The normalized spacial score (nSPS) is 9.30. The van der Waals surface area contributed by atoms with E-state index in [1.807, 2.05) is 18.2 Å². The Labute approximate surface area is 80.5 Å². The molecule has 0 fully saturated rings. The molecule has 0 atom stereocenters. The van der Waals surface area contributed by atoms with E-state index >= 15 is 0 Å². The molecule has 0 saturated heterocycles. The molecule has 0 aliphatic carbocycles. The van der Waals surface area contributed by atoms with E-state index in [1.54, 1.807) is 0 Å². The maximum absolute atomic E-state index is 5.33. The fourth-order valence-electron chi connectivity index (χ4n) is 0.740. The predicted octanol–water partition coefficient (Wildman–Crippen LogP) is 0.341. The van der Waals surface area contributed by atoms with E-state index in [1.165, 1.54) is 4.43 Å². The summed E-state index contributed by atoms with van der Waals surface area (Å²) >= 11 is 3.19. The molecule has 0 saturated carbocycles. The van der Waals surface area contributed by atoms with E-state index in [0.29, 0.717) is 0 Å². The van der Waals surface area contributed by atoms with E-state index in [2.05, 4.69) is 26.2 Å². The Morgan fingerprint density at radius 2 is 1.90 bits per heavy atom. The van der Waals surface area contributed by atoms with Crippen molar-refractivity contribution in [2.24, 2.45) is 0 Å². The summed E-state index contributed by atoms with van der Waals surface area (Å²) in [6.45, 7) is 0. The van der Waals surface area contributed by atoms with Crippen molar-refractivity contribution in [1.82, 2.24) is 0 Å². The summed E-state index contributed by atoms with van der Waals surface area (Å²) in [5.74, 6) is 0. The zero-order valence-electron chi connectivity index (χ0n) is 5.75. The lowest BCUT2D eigenvalue weighted by Gasteiger charge is -2.01. The molecule has 50 valence electrons. The summed E-state index contributed by atoms with van der Waals surface area (Å²) in [7, 11) is 0. The van der Waals surface area contributed by atoms with Crippen molar-refractivity contribution >= 4 is 47.8 Å². The Morgan fingerprint density at radius 3 is 2.40 bits per heavy atom. The maximum atomic E-state index is 5.33. The minimum absolute atomic E-state index is 0.822. The van der Waals surface area contributed by atoms with Gasteiger partial charge < -0.3 is 2.84 Å². The quantitative estimate of drug-likeness (QED) is 0.664. The summed E-state index contributed by atoms with van der Waals surface area (Å²) in [6.07, 6.45) is 0. The van der Waals surface area contributed by atoms with Gasteiger partial charge in [0.25, 0.3) is 0 Å². The van der Waals surface area contributed by atoms with E-state index in [9.17, 15) is 0 Å². The van der Waals surface area contributed by atoms with Gasteiger partial charge in [-0.15, -0.1) is 0 Å². The van der Waals surface area contributed by atoms with Gasteiger partial charge in [0.15, 0.2) is 0 Å². The van der Waals surface area contributed by atoms with Crippen LogP contribution in [0, 0.1) is 0 Å². The smallest absolute Gasteiger partial charge is 0.568 e. The maximum Gasteiger partial charge on any atom is 0.568 e. The van der Waals surface area contributed by atoms with Crippen molar-refractivity contribution in [2.45, 2.75) is 0 Å². The molecule has 1 aromatic carbocycles. The minimum Gasteiger partial charge on any atom is -0.630 e. The summed E-state index contributed by atoms with van der Waals surface area (Å²) in [6, 6.07) is 10.3. The van der Waals surface area contributed by atoms with Crippen LogP contribution in [0.2, 0.25) is 0 Å². The molecule has 0 N–H and O–H groups in total. The van der Waals surface area contributed by atoms with Gasteiger partial charge in [0.2, 0.25) is 0 Å². The van der Waals surface area contributed by atoms with Gasteiger partial charge in [-0.3, -0.25) is 0 Å². The van der Waals surface area contributed by atoms with E-state index in [4.69, 9.17) is 2.84 Å². The molecular weight excluding hydrogens is 222 g/mol. The Balaban J connectivity index is 2.75. The van der Waals surface area contributed by atoms with Crippen LogP contribution in [0.4, 0.5) is 0 Å². The first-order valence-corrected chi connectivity index (χ1v) is 8.11. The molecule has 0 unspecified atom stereocenters. The highest BCUT2D eigenvalue weighted by atomic mass is 79.9. The molecule has 0 heterocycles. The predicted molar refractivity (Wildman–Crippen MR) is 50.4 cm³/mol. The number of benzene rings is 1. The van der Waals surface area contributed by atoms with Crippen LogP contribution in [0.25, 0.3) is 0 Å². The van der Waals surface area contributed by atoms with Crippen LogP contribution < -0.4 is 4.43 Å². The van der Waals surface area contributed by atoms with Crippen LogP contribution in [0.3, 0.4) is 0 Å². The SMILES string of the molecule is [AlH2][O][Al]([Br])[c]1ccccc1. The first kappa shape index (κ1) is 8.82. The van der Waals surface area contributed by atoms with Crippen LogP contribution in [-0.2, 0) is 2.84 Å². The Bertz CT molecular complexity index is 192. The number of hydrogen-bond acceptors (Lipinski definition) is 1. The third-order valence-electron chi connectivity index (χ3n) is 1.27. The van der Waals surface area contributed by atoms with Gasteiger partial charge in [-0.05, 0) is 0 Å². The molecule has 1 aromatic rings. The highest BCUT2D eigenvalue weighted by Gasteiger charge is 2.14. The van der Waals surface area contributed by atoms with Crippen molar-refractivity contribution in [3.63, 3.8) is 0 Å². The van der Waals surface area contributed by atoms with Crippen molar-refractivity contribution in [3.05, 3.63) is 30.3 Å². The van der Waals surface area contributed by atoms with Crippen molar-refractivity contribution in [1.29, 1.82) is 0 Å². The van der Waals surface area contributed by atoms with E-state index in [0.717, 1.165) is 16.6 Å². The fraction of sp³-hybridized carbons (Fsp3) is 0. The van der Waals surface area contributed by atoms with Gasteiger partial charge in [-0.2, -0.15) is 14.1 Å². The monoisotopic (exact) mass is 228 g/mol. The highest BCUT2D eigenvalue weighted by molar-refractivity contribution is 9.24. The largest absolute Gasteiger partial charge is 0.630 e.